The van der Waals surface area contributed by atoms with Gasteiger partial charge < -0.3 is 28.5 Å². The van der Waals surface area contributed by atoms with Crippen LogP contribution < -0.4 is 14.2 Å². The Morgan fingerprint density at radius 2 is 1.69 bits per heavy atom. The molecule has 0 fully saturated rings. The number of carboxylic acids is 1. The Kier molecular flexibility index (Phi) is 9.12. The molecule has 7 nitrogen and oxygen atoms in total. The lowest BCUT2D eigenvalue weighted by Gasteiger charge is -2.39. The molecule has 1 N–H and O–H groups in total. The summed E-state index contributed by atoms with van der Waals surface area (Å²) in [6.45, 7) is 17.9. The number of hydrogen-bond acceptors (Lipinski definition) is 6. The van der Waals surface area contributed by atoms with Crippen LogP contribution >= 0.6 is 0 Å². The maximum absolute atomic E-state index is 12.1. The van der Waals surface area contributed by atoms with Crippen LogP contribution in [0.15, 0.2) is 36.4 Å². The quantitative estimate of drug-likeness (QED) is 0.298. The molecule has 3 rings (SSSR count). The zero-order valence-electron chi connectivity index (χ0n) is 25.1. The molecule has 8 heteroatoms. The van der Waals surface area contributed by atoms with Crippen molar-refractivity contribution < 1.29 is 33.3 Å². The monoisotopic (exact) mass is 556 g/mol. The minimum Gasteiger partial charge on any atom is -0.493 e. The fourth-order valence-electron chi connectivity index (χ4n) is 4.42. The molecular weight excluding hydrogens is 512 g/mol. The third-order valence-corrected chi connectivity index (χ3v) is 12.6. The number of hydrogen-bond donors (Lipinski definition) is 1. The summed E-state index contributed by atoms with van der Waals surface area (Å²) >= 11 is 0. The fraction of sp³-hybridized carbons (Fsp3) is 0.516. The van der Waals surface area contributed by atoms with Crippen LogP contribution in [0.4, 0.5) is 0 Å². The molecule has 2 aromatic carbocycles. The van der Waals surface area contributed by atoms with Gasteiger partial charge in [-0.3, -0.25) is 4.79 Å². The minimum absolute atomic E-state index is 0.0756. The van der Waals surface area contributed by atoms with Crippen molar-refractivity contribution in [2.24, 2.45) is 5.41 Å². The Morgan fingerprint density at radius 3 is 2.23 bits per heavy atom. The number of rotatable bonds is 11. The maximum atomic E-state index is 12.1. The van der Waals surface area contributed by atoms with E-state index in [2.05, 4.69) is 46.9 Å². The first-order valence-electron chi connectivity index (χ1n) is 13.3. The highest BCUT2D eigenvalue weighted by molar-refractivity contribution is 6.74. The van der Waals surface area contributed by atoms with Gasteiger partial charge in [0.05, 0.1) is 26.2 Å². The van der Waals surface area contributed by atoms with Crippen molar-refractivity contribution in [3.05, 3.63) is 58.7 Å². The average Bonchev–Trinajstić information content (AvgIpc) is 3.16. The number of aliphatic carboxylic acids is 1. The Balaban J connectivity index is 2.17. The van der Waals surface area contributed by atoms with E-state index in [0.717, 1.165) is 5.56 Å². The largest absolute Gasteiger partial charge is 0.493 e. The topological polar surface area (TPSA) is 83.5 Å². The van der Waals surface area contributed by atoms with Crippen LogP contribution in [0.5, 0.6) is 17.2 Å². The molecule has 0 aliphatic carbocycles. The Hall–Kier alpha value is -2.97. The Bertz CT molecular complexity index is 1210. The Morgan fingerprint density at radius 1 is 1.08 bits per heavy atom. The molecule has 0 saturated heterocycles. The van der Waals surface area contributed by atoms with Crippen molar-refractivity contribution in [1.82, 2.24) is 0 Å². The highest BCUT2D eigenvalue weighted by Gasteiger charge is 2.44. The number of methoxy groups -OCH3 is 2. The van der Waals surface area contributed by atoms with Crippen molar-refractivity contribution in [2.45, 2.75) is 78.8 Å². The van der Waals surface area contributed by atoms with Gasteiger partial charge in [-0.1, -0.05) is 58.0 Å². The number of benzene rings is 2. The molecule has 214 valence electrons. The second kappa shape index (κ2) is 11.6. The molecular formula is C31H44O7Si. The van der Waals surface area contributed by atoms with Gasteiger partial charge in [-0.25, -0.2) is 0 Å². The van der Waals surface area contributed by atoms with Crippen LogP contribution in [-0.4, -0.2) is 46.3 Å². The summed E-state index contributed by atoms with van der Waals surface area (Å²) in [4.78, 5) is 12.1. The molecule has 2 aromatic rings. The maximum Gasteiger partial charge on any atom is 0.307 e. The summed E-state index contributed by atoms with van der Waals surface area (Å²) in [6, 6.07) is 9.82. The summed E-state index contributed by atoms with van der Waals surface area (Å²) in [7, 11) is 1.05. The van der Waals surface area contributed by atoms with Gasteiger partial charge in [0, 0.05) is 23.1 Å². The lowest BCUT2D eigenvalue weighted by molar-refractivity contribution is -0.136. The van der Waals surface area contributed by atoms with Gasteiger partial charge in [-0.05, 0) is 43.6 Å². The van der Waals surface area contributed by atoms with Crippen LogP contribution in [0.1, 0.15) is 56.9 Å². The first-order chi connectivity index (χ1) is 18.1. The van der Waals surface area contributed by atoms with Crippen molar-refractivity contribution in [1.29, 1.82) is 0 Å². The van der Waals surface area contributed by atoms with Crippen molar-refractivity contribution in [2.75, 3.05) is 20.8 Å². The molecule has 0 aromatic heterocycles. The smallest absolute Gasteiger partial charge is 0.307 e. The summed E-state index contributed by atoms with van der Waals surface area (Å²) in [5.41, 5.74) is 2.29. The molecule has 0 unspecified atom stereocenters. The van der Waals surface area contributed by atoms with E-state index in [9.17, 15) is 9.90 Å². The molecule has 0 saturated carbocycles. The highest BCUT2D eigenvalue weighted by atomic mass is 28.4. The first kappa shape index (κ1) is 30.6. The molecule has 0 bridgehead atoms. The zero-order valence-corrected chi connectivity index (χ0v) is 26.1. The normalized spacial score (nSPS) is 19.3. The molecule has 2 atom stereocenters. The predicted octanol–water partition coefficient (Wildman–Crippen LogP) is 7.01. The lowest BCUT2D eigenvalue weighted by atomic mass is 9.86. The van der Waals surface area contributed by atoms with Crippen LogP contribution in [-0.2, 0) is 27.0 Å². The van der Waals surface area contributed by atoms with Crippen molar-refractivity contribution >= 4 is 20.0 Å². The predicted molar refractivity (Wildman–Crippen MR) is 156 cm³/mol. The second-order valence-electron chi connectivity index (χ2n) is 12.0. The van der Waals surface area contributed by atoms with E-state index in [4.69, 9.17) is 23.4 Å². The van der Waals surface area contributed by atoms with E-state index in [-0.39, 0.29) is 17.6 Å². The summed E-state index contributed by atoms with van der Waals surface area (Å²) in [6.07, 6.45) is 1.57. The summed E-state index contributed by atoms with van der Waals surface area (Å²) in [5.74, 6) is 0.886. The fourth-order valence-corrected chi connectivity index (χ4v) is 5.52. The van der Waals surface area contributed by atoms with E-state index < -0.39 is 19.7 Å². The van der Waals surface area contributed by atoms with Crippen molar-refractivity contribution in [3.8, 4) is 17.2 Å². The number of carbonyl (C=O) groups is 1. The standard InChI is InChI=1S/C31H44O7Si/c1-20-27(36-18-22-14-12-11-13-15-22)26(23(16-25(32)33)29(35-8)28(20)34-7)24-17-31(6,21(2)38-24)19-37-39(9,10)30(3,4)5/h11-15,17,21H,16,18-19H2,1-10H3,(H,32,33)/t21-,31+/m1/s1. The van der Waals surface area contributed by atoms with E-state index >= 15 is 0 Å². The third-order valence-electron chi connectivity index (χ3n) is 8.14. The zero-order chi connectivity index (χ0) is 29.2. The van der Waals surface area contributed by atoms with E-state index in [1.165, 1.54) is 7.11 Å². The molecule has 1 heterocycles. The minimum atomic E-state index is -2.00. The van der Waals surface area contributed by atoms with Gasteiger partial charge in [0.1, 0.15) is 24.2 Å². The Labute approximate surface area is 234 Å². The van der Waals surface area contributed by atoms with Crippen LogP contribution in [0.25, 0.3) is 5.76 Å². The van der Waals surface area contributed by atoms with Crippen LogP contribution in [0, 0.1) is 12.3 Å². The highest BCUT2D eigenvalue weighted by Crippen LogP contribution is 2.51. The van der Waals surface area contributed by atoms with Crippen molar-refractivity contribution in [3.63, 3.8) is 0 Å². The van der Waals surface area contributed by atoms with E-state index in [0.29, 0.717) is 52.9 Å². The van der Waals surface area contributed by atoms with Gasteiger partial charge in [0.25, 0.3) is 0 Å². The van der Waals surface area contributed by atoms with Crippen LogP contribution in [0.2, 0.25) is 18.1 Å². The SMILES string of the molecule is COc1c(C)c(OCc2ccccc2)c(C2=C[C@@](C)(CO[Si](C)(C)C(C)(C)C)[C@@H](C)O2)c(CC(=O)O)c1OC. The third kappa shape index (κ3) is 6.44. The van der Waals surface area contributed by atoms with E-state index in [1.807, 2.05) is 44.2 Å². The van der Waals surface area contributed by atoms with Gasteiger partial charge in [0.15, 0.2) is 19.8 Å². The molecule has 0 amide bonds. The molecule has 0 spiro atoms. The molecule has 1 aliphatic rings. The van der Waals surface area contributed by atoms with Gasteiger partial charge >= 0.3 is 5.97 Å². The lowest BCUT2D eigenvalue weighted by Crippen LogP contribution is -2.44. The second-order valence-corrected chi connectivity index (χ2v) is 16.9. The van der Waals surface area contributed by atoms with Gasteiger partial charge in [-0.15, -0.1) is 0 Å². The summed E-state index contributed by atoms with van der Waals surface area (Å²) < 4.78 is 30.9. The van der Waals surface area contributed by atoms with E-state index in [1.54, 1.807) is 7.11 Å². The van der Waals surface area contributed by atoms with Gasteiger partial charge in [-0.2, -0.15) is 0 Å². The summed E-state index contributed by atoms with van der Waals surface area (Å²) in [5, 5.41) is 9.95. The molecule has 39 heavy (non-hydrogen) atoms. The average molecular weight is 557 g/mol. The van der Waals surface area contributed by atoms with Crippen LogP contribution in [0.3, 0.4) is 0 Å². The molecule has 1 aliphatic heterocycles. The molecule has 0 radical (unpaired) electrons. The number of ether oxygens (including phenoxy) is 4. The van der Waals surface area contributed by atoms with Gasteiger partial charge in [0.2, 0.25) is 0 Å². The first-order valence-corrected chi connectivity index (χ1v) is 16.3. The number of carboxylic acid groups (broad SMARTS) is 1.